The molecule has 4 rings (SSSR count). The summed E-state index contributed by atoms with van der Waals surface area (Å²) in [5.74, 6) is 0.114. The van der Waals surface area contributed by atoms with Crippen LogP contribution in [0.2, 0.25) is 0 Å². The standard InChI is InChI=1S/C18H15N5OS/c1-11-5-7-12(8-6-11)9-23-14-4-2-3-13(21-19)15(14)16(18(23)24)17-22-20-10-25-17/h2-8,10,19,24H,9H2,1H3. The topological polar surface area (TPSA) is 87.2 Å². The van der Waals surface area contributed by atoms with Crippen LogP contribution in [0.25, 0.3) is 21.5 Å². The maximum absolute atomic E-state index is 10.9. The van der Waals surface area contributed by atoms with E-state index in [1.165, 1.54) is 16.9 Å². The molecule has 0 atom stereocenters. The van der Waals surface area contributed by atoms with Gasteiger partial charge in [-0.25, -0.2) is 5.53 Å². The van der Waals surface area contributed by atoms with Gasteiger partial charge in [0, 0.05) is 5.39 Å². The van der Waals surface area contributed by atoms with Crippen molar-refractivity contribution in [2.45, 2.75) is 13.5 Å². The normalized spacial score (nSPS) is 11.1. The highest BCUT2D eigenvalue weighted by Crippen LogP contribution is 2.44. The van der Waals surface area contributed by atoms with E-state index < -0.39 is 0 Å². The molecule has 6 nitrogen and oxygen atoms in total. The Morgan fingerprint density at radius 1 is 1.20 bits per heavy atom. The van der Waals surface area contributed by atoms with E-state index >= 15 is 0 Å². The zero-order valence-electron chi connectivity index (χ0n) is 13.5. The molecule has 2 aromatic heterocycles. The first-order chi connectivity index (χ1) is 12.2. The molecule has 0 aliphatic heterocycles. The third kappa shape index (κ3) is 2.58. The van der Waals surface area contributed by atoms with Crippen LogP contribution in [-0.4, -0.2) is 19.9 Å². The number of rotatable bonds is 4. The van der Waals surface area contributed by atoms with Gasteiger partial charge in [-0.15, -0.1) is 10.2 Å². The minimum atomic E-state index is 0.114. The Morgan fingerprint density at radius 2 is 2.00 bits per heavy atom. The van der Waals surface area contributed by atoms with Crippen LogP contribution >= 0.6 is 11.3 Å². The van der Waals surface area contributed by atoms with Crippen LogP contribution < -0.4 is 0 Å². The predicted octanol–water partition coefficient (Wildman–Crippen LogP) is 4.88. The summed E-state index contributed by atoms with van der Waals surface area (Å²) in [6.45, 7) is 2.56. The number of hydrogen-bond acceptors (Lipinski definition) is 6. The lowest BCUT2D eigenvalue weighted by molar-refractivity contribution is 0.430. The van der Waals surface area contributed by atoms with Gasteiger partial charge >= 0.3 is 0 Å². The molecule has 0 spiro atoms. The fraction of sp³-hybridized carbons (Fsp3) is 0.111. The Kier molecular flexibility index (Phi) is 3.77. The maximum Gasteiger partial charge on any atom is 0.203 e. The third-order valence-corrected chi connectivity index (χ3v) is 4.90. The first kappa shape index (κ1) is 15.5. The summed E-state index contributed by atoms with van der Waals surface area (Å²) in [7, 11) is 0. The van der Waals surface area contributed by atoms with Gasteiger partial charge in [-0.05, 0) is 24.6 Å². The molecule has 0 aliphatic carbocycles. The monoisotopic (exact) mass is 349 g/mol. The number of aryl methyl sites for hydroxylation is 1. The van der Waals surface area contributed by atoms with Crippen molar-refractivity contribution in [2.75, 3.05) is 0 Å². The van der Waals surface area contributed by atoms with Gasteiger partial charge in [0.15, 0.2) is 5.01 Å². The van der Waals surface area contributed by atoms with Gasteiger partial charge in [0.05, 0.1) is 23.3 Å². The van der Waals surface area contributed by atoms with Crippen LogP contribution in [0.3, 0.4) is 0 Å². The van der Waals surface area contributed by atoms with Crippen LogP contribution in [-0.2, 0) is 6.54 Å². The highest BCUT2D eigenvalue weighted by molar-refractivity contribution is 7.12. The number of fused-ring (bicyclic) bond motifs is 1. The van der Waals surface area contributed by atoms with Gasteiger partial charge in [-0.3, -0.25) is 0 Å². The molecule has 2 aromatic carbocycles. The smallest absolute Gasteiger partial charge is 0.203 e. The van der Waals surface area contributed by atoms with E-state index in [1.54, 1.807) is 11.6 Å². The van der Waals surface area contributed by atoms with Gasteiger partial charge in [0.1, 0.15) is 5.51 Å². The molecule has 4 aromatic rings. The van der Waals surface area contributed by atoms with Crippen molar-refractivity contribution >= 4 is 27.9 Å². The Labute approximate surface area is 147 Å². The SMILES string of the molecule is Cc1ccc(Cn2c(O)c(-c3nncs3)c3c(N=N)cccc32)cc1. The largest absolute Gasteiger partial charge is 0.494 e. The van der Waals surface area contributed by atoms with Gasteiger partial charge in [-0.1, -0.05) is 47.2 Å². The minimum absolute atomic E-state index is 0.114. The summed E-state index contributed by atoms with van der Waals surface area (Å²) in [5, 5.41) is 23.8. The van der Waals surface area contributed by atoms with E-state index in [2.05, 4.69) is 15.3 Å². The molecular formula is C18H15N5OS. The van der Waals surface area contributed by atoms with Crippen LogP contribution in [0.1, 0.15) is 11.1 Å². The fourth-order valence-corrected chi connectivity index (χ4v) is 3.58. The van der Waals surface area contributed by atoms with E-state index in [-0.39, 0.29) is 5.88 Å². The van der Waals surface area contributed by atoms with Crippen LogP contribution in [0.5, 0.6) is 5.88 Å². The van der Waals surface area contributed by atoms with E-state index in [1.807, 2.05) is 47.9 Å². The van der Waals surface area contributed by atoms with Crippen LogP contribution in [0, 0.1) is 12.5 Å². The molecule has 0 unspecified atom stereocenters. The Hall–Kier alpha value is -3.06. The molecule has 0 saturated heterocycles. The number of benzene rings is 2. The average Bonchev–Trinajstić information content (AvgIpc) is 3.24. The summed E-state index contributed by atoms with van der Waals surface area (Å²) in [6.07, 6.45) is 0. The van der Waals surface area contributed by atoms with E-state index in [0.29, 0.717) is 22.8 Å². The average molecular weight is 349 g/mol. The number of nitrogens with one attached hydrogen (secondary N) is 1. The van der Waals surface area contributed by atoms with Crippen molar-refractivity contribution < 1.29 is 5.11 Å². The first-order valence-electron chi connectivity index (χ1n) is 7.72. The molecular weight excluding hydrogens is 334 g/mol. The number of hydrogen-bond donors (Lipinski definition) is 2. The second kappa shape index (κ2) is 6.10. The summed E-state index contributed by atoms with van der Waals surface area (Å²) >= 11 is 1.35. The molecule has 7 heteroatoms. The third-order valence-electron chi connectivity index (χ3n) is 4.20. The lowest BCUT2D eigenvalue weighted by Crippen LogP contribution is -1.99. The molecule has 0 amide bonds. The fourth-order valence-electron chi connectivity index (χ4n) is 2.98. The maximum atomic E-state index is 10.9. The van der Waals surface area contributed by atoms with Crippen LogP contribution in [0.4, 0.5) is 5.69 Å². The summed E-state index contributed by atoms with van der Waals surface area (Å²) in [5.41, 5.74) is 13.3. The summed E-state index contributed by atoms with van der Waals surface area (Å²) in [4.78, 5) is 0. The van der Waals surface area contributed by atoms with Crippen molar-refractivity contribution in [3.8, 4) is 16.5 Å². The second-order valence-electron chi connectivity index (χ2n) is 5.80. The predicted molar refractivity (Wildman–Crippen MR) is 97.6 cm³/mol. The Bertz CT molecular complexity index is 1050. The van der Waals surface area contributed by atoms with Gasteiger partial charge < -0.3 is 9.67 Å². The number of aromatic hydroxyl groups is 1. The zero-order chi connectivity index (χ0) is 17.4. The highest BCUT2D eigenvalue weighted by Gasteiger charge is 2.22. The van der Waals surface area contributed by atoms with Crippen molar-refractivity contribution in [3.05, 3.63) is 59.1 Å². The molecule has 0 bridgehead atoms. The highest BCUT2D eigenvalue weighted by atomic mass is 32.1. The molecule has 0 saturated carbocycles. The molecule has 0 radical (unpaired) electrons. The number of nitrogens with zero attached hydrogens (tertiary/aromatic N) is 4. The molecule has 124 valence electrons. The van der Waals surface area contributed by atoms with Crippen molar-refractivity contribution in [1.29, 1.82) is 5.53 Å². The van der Waals surface area contributed by atoms with Crippen molar-refractivity contribution in [1.82, 2.24) is 14.8 Å². The molecule has 2 heterocycles. The zero-order valence-corrected chi connectivity index (χ0v) is 14.3. The summed E-state index contributed by atoms with van der Waals surface area (Å²) in [6, 6.07) is 13.7. The molecule has 2 N–H and O–H groups in total. The lowest BCUT2D eigenvalue weighted by Gasteiger charge is -2.08. The Balaban J connectivity index is 1.97. The second-order valence-corrected chi connectivity index (χ2v) is 6.63. The minimum Gasteiger partial charge on any atom is -0.494 e. The molecule has 25 heavy (non-hydrogen) atoms. The Morgan fingerprint density at radius 3 is 2.68 bits per heavy atom. The quantitative estimate of drug-likeness (QED) is 0.514. The lowest BCUT2D eigenvalue weighted by atomic mass is 10.1. The van der Waals surface area contributed by atoms with Gasteiger partial charge in [0.25, 0.3) is 0 Å². The van der Waals surface area contributed by atoms with Crippen molar-refractivity contribution in [3.63, 3.8) is 0 Å². The molecule has 0 aliphatic rings. The number of aromatic nitrogens is 3. The van der Waals surface area contributed by atoms with E-state index in [4.69, 9.17) is 5.53 Å². The van der Waals surface area contributed by atoms with E-state index in [9.17, 15) is 5.11 Å². The van der Waals surface area contributed by atoms with Gasteiger partial charge in [-0.2, -0.15) is 5.11 Å². The van der Waals surface area contributed by atoms with E-state index in [0.717, 1.165) is 16.5 Å². The first-order valence-corrected chi connectivity index (χ1v) is 8.60. The van der Waals surface area contributed by atoms with Crippen molar-refractivity contribution in [2.24, 2.45) is 5.11 Å². The van der Waals surface area contributed by atoms with Crippen LogP contribution in [0.15, 0.2) is 53.1 Å². The molecule has 0 fully saturated rings. The van der Waals surface area contributed by atoms with Gasteiger partial charge in [0.2, 0.25) is 5.88 Å². The summed E-state index contributed by atoms with van der Waals surface area (Å²) < 4.78 is 1.82.